The predicted molar refractivity (Wildman–Crippen MR) is 107 cm³/mol. The standard InChI is InChI=1S/C20H24ClNO4S/c1-2-9-25-16-11-22-8-7-17(27)14(19(22)20(16)24)10-18(23)26-12-13-5-3-4-6-15(13)21/h3-6,16,19,27H,2,7-12H2,1H3. The summed E-state index contributed by atoms with van der Waals surface area (Å²) in [6.07, 6.45) is 1.21. The van der Waals surface area contributed by atoms with Crippen molar-refractivity contribution in [1.29, 1.82) is 0 Å². The Kier molecular flexibility index (Phi) is 6.98. The molecule has 1 fully saturated rings. The normalized spacial score (nSPS) is 22.9. The minimum atomic E-state index is -0.430. The summed E-state index contributed by atoms with van der Waals surface area (Å²) in [4.78, 5) is 28.1. The van der Waals surface area contributed by atoms with E-state index in [0.29, 0.717) is 18.2 Å². The highest BCUT2D eigenvalue weighted by molar-refractivity contribution is 7.84. The third-order valence-corrected chi connectivity index (χ3v) is 5.77. The highest BCUT2D eigenvalue weighted by atomic mass is 35.5. The van der Waals surface area contributed by atoms with Gasteiger partial charge in [0.2, 0.25) is 0 Å². The summed E-state index contributed by atoms with van der Waals surface area (Å²) in [5.74, 6) is -0.368. The average molecular weight is 410 g/mol. The van der Waals surface area contributed by atoms with Gasteiger partial charge in [0.05, 0.1) is 12.5 Å². The van der Waals surface area contributed by atoms with Gasteiger partial charge in [-0.05, 0) is 29.4 Å². The Hall–Kier alpha value is -1.34. The maximum Gasteiger partial charge on any atom is 0.310 e. The number of benzene rings is 1. The molecule has 1 aromatic carbocycles. The van der Waals surface area contributed by atoms with Crippen LogP contribution in [0.2, 0.25) is 5.02 Å². The van der Waals surface area contributed by atoms with E-state index in [4.69, 9.17) is 21.1 Å². The first-order valence-corrected chi connectivity index (χ1v) is 10.0. The number of nitrogens with zero attached hydrogens (tertiary/aromatic N) is 1. The summed E-state index contributed by atoms with van der Waals surface area (Å²) in [5.41, 5.74) is 1.49. The number of esters is 1. The Morgan fingerprint density at radius 1 is 1.37 bits per heavy atom. The first-order chi connectivity index (χ1) is 13.0. The van der Waals surface area contributed by atoms with Crippen molar-refractivity contribution in [2.45, 2.75) is 44.9 Å². The van der Waals surface area contributed by atoms with Crippen LogP contribution in [-0.4, -0.2) is 48.5 Å². The van der Waals surface area contributed by atoms with Gasteiger partial charge in [-0.3, -0.25) is 14.5 Å². The first kappa shape index (κ1) is 20.4. The molecule has 0 radical (unpaired) electrons. The second-order valence-electron chi connectivity index (χ2n) is 6.81. The molecule has 1 aromatic rings. The van der Waals surface area contributed by atoms with Crippen LogP contribution in [0.3, 0.4) is 0 Å². The topological polar surface area (TPSA) is 55.8 Å². The molecule has 5 nitrogen and oxygen atoms in total. The van der Waals surface area contributed by atoms with E-state index in [0.717, 1.165) is 35.4 Å². The number of hydrogen-bond donors (Lipinski definition) is 1. The molecule has 146 valence electrons. The molecule has 0 aromatic heterocycles. The zero-order chi connectivity index (χ0) is 19.4. The lowest BCUT2D eigenvalue weighted by molar-refractivity contribution is -0.144. The Bertz CT molecular complexity index is 751. The summed E-state index contributed by atoms with van der Waals surface area (Å²) in [5, 5.41) is 0.560. The fourth-order valence-electron chi connectivity index (χ4n) is 3.52. The number of thiol groups is 1. The molecule has 1 saturated heterocycles. The molecule has 0 saturated carbocycles. The van der Waals surface area contributed by atoms with Gasteiger partial charge in [-0.2, -0.15) is 0 Å². The summed E-state index contributed by atoms with van der Waals surface area (Å²) in [7, 11) is 0. The molecule has 2 atom stereocenters. The number of fused-ring (bicyclic) bond motifs is 1. The van der Waals surface area contributed by atoms with E-state index < -0.39 is 12.1 Å². The number of halogens is 1. The van der Waals surface area contributed by atoms with Crippen LogP contribution in [0, 0.1) is 0 Å². The van der Waals surface area contributed by atoms with Crippen molar-refractivity contribution in [1.82, 2.24) is 4.90 Å². The molecular formula is C20H24ClNO4S. The van der Waals surface area contributed by atoms with Crippen LogP contribution in [0.1, 0.15) is 31.7 Å². The highest BCUT2D eigenvalue weighted by Gasteiger charge is 2.45. The molecule has 27 heavy (non-hydrogen) atoms. The molecular weight excluding hydrogens is 386 g/mol. The quantitative estimate of drug-likeness (QED) is 0.552. The number of ether oxygens (including phenoxy) is 2. The van der Waals surface area contributed by atoms with Gasteiger partial charge < -0.3 is 9.47 Å². The van der Waals surface area contributed by atoms with E-state index in [1.807, 2.05) is 25.1 Å². The van der Waals surface area contributed by atoms with Gasteiger partial charge in [0.25, 0.3) is 0 Å². The predicted octanol–water partition coefficient (Wildman–Crippen LogP) is 3.41. The second kappa shape index (κ2) is 9.24. The van der Waals surface area contributed by atoms with Crippen molar-refractivity contribution < 1.29 is 19.1 Å². The molecule has 3 rings (SSSR count). The van der Waals surface area contributed by atoms with E-state index in [1.165, 1.54) is 0 Å². The average Bonchev–Trinajstić information content (AvgIpc) is 2.98. The largest absolute Gasteiger partial charge is 0.461 e. The summed E-state index contributed by atoms with van der Waals surface area (Å²) in [6.45, 7) is 4.00. The van der Waals surface area contributed by atoms with Crippen LogP contribution >= 0.6 is 24.2 Å². The molecule has 7 heteroatoms. The molecule has 2 aliphatic heterocycles. The van der Waals surface area contributed by atoms with Crippen LogP contribution in [-0.2, 0) is 25.7 Å². The van der Waals surface area contributed by atoms with Crippen molar-refractivity contribution in [3.8, 4) is 0 Å². The summed E-state index contributed by atoms with van der Waals surface area (Å²) < 4.78 is 11.1. The third-order valence-electron chi connectivity index (χ3n) is 4.89. The fourth-order valence-corrected chi connectivity index (χ4v) is 4.01. The summed E-state index contributed by atoms with van der Waals surface area (Å²) >= 11 is 10.6. The van der Waals surface area contributed by atoms with Gasteiger partial charge in [-0.1, -0.05) is 36.7 Å². The lowest BCUT2D eigenvalue weighted by Crippen LogP contribution is -2.40. The highest BCUT2D eigenvalue weighted by Crippen LogP contribution is 2.34. The van der Waals surface area contributed by atoms with E-state index in [-0.39, 0.29) is 24.8 Å². The van der Waals surface area contributed by atoms with Gasteiger partial charge in [-0.15, -0.1) is 12.6 Å². The molecule has 0 amide bonds. The Morgan fingerprint density at radius 3 is 2.89 bits per heavy atom. The van der Waals surface area contributed by atoms with Crippen molar-refractivity contribution in [3.63, 3.8) is 0 Å². The minimum absolute atomic E-state index is 0.0172. The number of rotatable bonds is 7. The maximum absolute atomic E-state index is 12.8. The van der Waals surface area contributed by atoms with Gasteiger partial charge in [0.1, 0.15) is 12.7 Å². The molecule has 2 aliphatic rings. The van der Waals surface area contributed by atoms with Gasteiger partial charge >= 0.3 is 5.97 Å². The van der Waals surface area contributed by atoms with Crippen molar-refractivity contribution in [2.75, 3.05) is 19.7 Å². The lowest BCUT2D eigenvalue weighted by Gasteiger charge is -2.30. The van der Waals surface area contributed by atoms with Crippen LogP contribution < -0.4 is 0 Å². The number of hydrogen-bond acceptors (Lipinski definition) is 6. The Labute approximate surface area is 170 Å². The van der Waals surface area contributed by atoms with Crippen LogP contribution in [0.15, 0.2) is 34.7 Å². The van der Waals surface area contributed by atoms with E-state index in [9.17, 15) is 9.59 Å². The van der Waals surface area contributed by atoms with E-state index in [2.05, 4.69) is 17.5 Å². The molecule has 2 heterocycles. The molecule has 2 unspecified atom stereocenters. The van der Waals surface area contributed by atoms with Crippen LogP contribution in [0.25, 0.3) is 0 Å². The molecule has 0 N–H and O–H groups in total. The van der Waals surface area contributed by atoms with Crippen LogP contribution in [0.5, 0.6) is 0 Å². The fraction of sp³-hybridized carbons (Fsp3) is 0.500. The van der Waals surface area contributed by atoms with Crippen molar-refractivity contribution in [2.24, 2.45) is 0 Å². The van der Waals surface area contributed by atoms with Crippen molar-refractivity contribution in [3.05, 3.63) is 45.3 Å². The van der Waals surface area contributed by atoms with Gasteiger partial charge in [-0.25, -0.2) is 0 Å². The lowest BCUT2D eigenvalue weighted by atomic mass is 9.95. The minimum Gasteiger partial charge on any atom is -0.461 e. The number of ketones is 1. The monoisotopic (exact) mass is 409 g/mol. The SMILES string of the molecule is CCCOC1CN2CCC(S)=C(CC(=O)OCc3ccccc3Cl)C2C1=O. The first-order valence-electron chi connectivity index (χ1n) is 9.20. The Balaban J connectivity index is 1.65. The molecule has 0 bridgehead atoms. The molecule has 0 spiro atoms. The second-order valence-corrected chi connectivity index (χ2v) is 7.76. The smallest absolute Gasteiger partial charge is 0.310 e. The van der Waals surface area contributed by atoms with Crippen molar-refractivity contribution >= 4 is 36.0 Å². The number of Topliss-reactive ketones (excluding diaryl/α,β-unsaturated/α-hetero) is 1. The Morgan fingerprint density at radius 2 is 2.15 bits per heavy atom. The van der Waals surface area contributed by atoms with E-state index in [1.54, 1.807) is 6.07 Å². The number of carbonyl (C=O) groups is 2. The third kappa shape index (κ3) is 4.74. The summed E-state index contributed by atoms with van der Waals surface area (Å²) in [6, 6.07) is 6.81. The van der Waals surface area contributed by atoms with Crippen LogP contribution in [0.4, 0.5) is 0 Å². The zero-order valence-corrected chi connectivity index (χ0v) is 17.0. The number of carbonyl (C=O) groups excluding carboxylic acids is 2. The van der Waals surface area contributed by atoms with E-state index >= 15 is 0 Å². The zero-order valence-electron chi connectivity index (χ0n) is 15.3. The van der Waals surface area contributed by atoms with Gasteiger partial charge in [0.15, 0.2) is 5.78 Å². The van der Waals surface area contributed by atoms with Gasteiger partial charge in [0, 0.05) is 30.3 Å². The maximum atomic E-state index is 12.8. The molecule has 0 aliphatic carbocycles.